The predicted molar refractivity (Wildman–Crippen MR) is 59.6 cm³/mol. The molecule has 0 unspecified atom stereocenters. The molecule has 1 aliphatic rings. The number of nitrogens with zero attached hydrogens (tertiary/aromatic N) is 2. The van der Waals surface area contributed by atoms with E-state index in [1.165, 1.54) is 0 Å². The van der Waals surface area contributed by atoms with E-state index in [4.69, 9.17) is 6.42 Å². The van der Waals surface area contributed by atoms with Crippen molar-refractivity contribution in [2.24, 2.45) is 0 Å². The maximum Gasteiger partial charge on any atom is 0.325 e. The third kappa shape index (κ3) is 1.79. The fraction of sp³-hybridized carbons (Fsp3) is 0.250. The third-order valence-corrected chi connectivity index (χ3v) is 2.44. The first-order valence-corrected chi connectivity index (χ1v) is 4.88. The molecule has 3 heteroatoms. The minimum atomic E-state index is -0.000787. The van der Waals surface area contributed by atoms with Crippen molar-refractivity contribution in [2.75, 3.05) is 24.5 Å². The summed E-state index contributed by atoms with van der Waals surface area (Å²) in [4.78, 5) is 15.3. The fourth-order valence-electron chi connectivity index (χ4n) is 1.69. The normalized spacial score (nSPS) is 15.5. The third-order valence-electron chi connectivity index (χ3n) is 2.44. The zero-order chi connectivity index (χ0) is 10.7. The highest BCUT2D eigenvalue weighted by molar-refractivity contribution is 5.94. The Hall–Kier alpha value is -1.95. The van der Waals surface area contributed by atoms with Gasteiger partial charge < -0.3 is 4.90 Å². The SMILES string of the molecule is C#CCN1CCN(c2ccccc2)C1=O. The van der Waals surface area contributed by atoms with Gasteiger partial charge >= 0.3 is 6.03 Å². The van der Waals surface area contributed by atoms with Gasteiger partial charge in [-0.25, -0.2) is 4.79 Å². The van der Waals surface area contributed by atoms with Crippen LogP contribution in [-0.4, -0.2) is 30.6 Å². The first kappa shape index (κ1) is 9.60. The Kier molecular flexibility index (Phi) is 2.59. The summed E-state index contributed by atoms with van der Waals surface area (Å²) >= 11 is 0. The van der Waals surface area contributed by atoms with Crippen LogP contribution in [0.3, 0.4) is 0 Å². The maximum absolute atomic E-state index is 11.9. The zero-order valence-corrected chi connectivity index (χ0v) is 8.39. The van der Waals surface area contributed by atoms with Gasteiger partial charge in [0.2, 0.25) is 0 Å². The van der Waals surface area contributed by atoms with Crippen LogP contribution in [0.25, 0.3) is 0 Å². The topological polar surface area (TPSA) is 23.6 Å². The Morgan fingerprint density at radius 2 is 2.00 bits per heavy atom. The minimum absolute atomic E-state index is 0.000787. The second-order valence-corrected chi connectivity index (χ2v) is 3.40. The van der Waals surface area contributed by atoms with Gasteiger partial charge in [-0.2, -0.15) is 0 Å². The van der Waals surface area contributed by atoms with Crippen LogP contribution in [0.5, 0.6) is 0 Å². The molecule has 0 aromatic heterocycles. The highest BCUT2D eigenvalue weighted by Crippen LogP contribution is 2.19. The lowest BCUT2D eigenvalue weighted by molar-refractivity contribution is 0.225. The molecule has 3 nitrogen and oxygen atoms in total. The number of terminal acetylenes is 1. The Morgan fingerprint density at radius 1 is 1.27 bits per heavy atom. The monoisotopic (exact) mass is 200 g/mol. The molecule has 1 heterocycles. The number of hydrogen-bond donors (Lipinski definition) is 0. The molecule has 0 spiro atoms. The lowest BCUT2D eigenvalue weighted by atomic mass is 10.3. The Morgan fingerprint density at radius 3 is 2.67 bits per heavy atom. The first-order chi connectivity index (χ1) is 7.33. The molecule has 1 aliphatic heterocycles. The van der Waals surface area contributed by atoms with E-state index >= 15 is 0 Å². The average Bonchev–Trinajstić information content (AvgIpc) is 2.63. The molecule has 0 aliphatic carbocycles. The number of anilines is 1. The molecule has 1 fully saturated rings. The molecular formula is C12H12N2O. The molecule has 0 bridgehead atoms. The molecule has 0 atom stereocenters. The van der Waals surface area contributed by atoms with Gasteiger partial charge in [-0.1, -0.05) is 24.1 Å². The lowest BCUT2D eigenvalue weighted by Crippen LogP contribution is -2.31. The van der Waals surface area contributed by atoms with Gasteiger partial charge in [-0.15, -0.1) is 6.42 Å². The van der Waals surface area contributed by atoms with Crippen LogP contribution in [0.2, 0.25) is 0 Å². The molecule has 1 aromatic rings. The van der Waals surface area contributed by atoms with Crippen molar-refractivity contribution in [3.8, 4) is 12.3 Å². The van der Waals surface area contributed by atoms with Gasteiger partial charge in [0.25, 0.3) is 0 Å². The summed E-state index contributed by atoms with van der Waals surface area (Å²) in [5, 5.41) is 0. The van der Waals surface area contributed by atoms with Crippen LogP contribution in [0.1, 0.15) is 0 Å². The maximum atomic E-state index is 11.9. The summed E-state index contributed by atoms with van der Waals surface area (Å²) in [5.74, 6) is 2.49. The van der Waals surface area contributed by atoms with Crippen molar-refractivity contribution < 1.29 is 4.79 Å². The van der Waals surface area contributed by atoms with E-state index < -0.39 is 0 Å². The van der Waals surface area contributed by atoms with Crippen molar-refractivity contribution in [1.82, 2.24) is 4.90 Å². The van der Waals surface area contributed by atoms with E-state index in [1.54, 1.807) is 9.80 Å². The number of benzene rings is 1. The summed E-state index contributed by atoms with van der Waals surface area (Å²) in [6, 6.07) is 9.63. The molecule has 1 saturated heterocycles. The van der Waals surface area contributed by atoms with Gasteiger partial charge in [0, 0.05) is 18.8 Å². The van der Waals surface area contributed by atoms with Gasteiger partial charge in [-0.05, 0) is 12.1 Å². The Labute approximate surface area is 89.3 Å². The Balaban J connectivity index is 2.15. The van der Waals surface area contributed by atoms with E-state index in [0.717, 1.165) is 5.69 Å². The van der Waals surface area contributed by atoms with Gasteiger partial charge in [0.05, 0.1) is 6.54 Å². The van der Waals surface area contributed by atoms with Crippen molar-refractivity contribution in [3.05, 3.63) is 30.3 Å². The Bertz CT molecular complexity index is 394. The average molecular weight is 200 g/mol. The second kappa shape index (κ2) is 4.05. The quantitative estimate of drug-likeness (QED) is 0.664. The van der Waals surface area contributed by atoms with E-state index in [0.29, 0.717) is 19.6 Å². The summed E-state index contributed by atoms with van der Waals surface area (Å²) in [5.41, 5.74) is 0.932. The molecule has 1 aromatic carbocycles. The number of carbonyl (C=O) groups excluding carboxylic acids is 1. The molecular weight excluding hydrogens is 188 g/mol. The number of urea groups is 1. The zero-order valence-electron chi connectivity index (χ0n) is 8.39. The lowest BCUT2D eigenvalue weighted by Gasteiger charge is -2.16. The summed E-state index contributed by atoms with van der Waals surface area (Å²) in [6.07, 6.45) is 5.19. The summed E-state index contributed by atoms with van der Waals surface area (Å²) < 4.78 is 0. The molecule has 76 valence electrons. The van der Waals surface area contributed by atoms with Crippen LogP contribution in [0.15, 0.2) is 30.3 Å². The van der Waals surface area contributed by atoms with Crippen molar-refractivity contribution in [3.63, 3.8) is 0 Å². The molecule has 15 heavy (non-hydrogen) atoms. The standard InChI is InChI=1S/C12H12N2O/c1-2-8-13-9-10-14(12(13)15)11-6-4-3-5-7-11/h1,3-7H,8-10H2. The number of rotatable bonds is 2. The van der Waals surface area contributed by atoms with E-state index in [-0.39, 0.29) is 6.03 Å². The minimum Gasteiger partial charge on any atom is -0.311 e. The highest BCUT2D eigenvalue weighted by Gasteiger charge is 2.28. The molecule has 2 rings (SSSR count). The van der Waals surface area contributed by atoms with Crippen molar-refractivity contribution >= 4 is 11.7 Å². The number of hydrogen-bond acceptors (Lipinski definition) is 1. The van der Waals surface area contributed by atoms with E-state index in [2.05, 4.69) is 5.92 Å². The van der Waals surface area contributed by atoms with Crippen LogP contribution in [0.4, 0.5) is 10.5 Å². The second-order valence-electron chi connectivity index (χ2n) is 3.40. The van der Waals surface area contributed by atoms with Gasteiger partial charge in [0.15, 0.2) is 0 Å². The van der Waals surface area contributed by atoms with Gasteiger partial charge in [-0.3, -0.25) is 4.90 Å². The number of carbonyl (C=O) groups is 1. The molecule has 0 radical (unpaired) electrons. The van der Waals surface area contributed by atoms with Crippen LogP contribution in [-0.2, 0) is 0 Å². The van der Waals surface area contributed by atoms with Crippen molar-refractivity contribution in [1.29, 1.82) is 0 Å². The van der Waals surface area contributed by atoms with Crippen molar-refractivity contribution in [2.45, 2.75) is 0 Å². The van der Waals surface area contributed by atoms with Crippen LogP contribution < -0.4 is 4.90 Å². The predicted octanol–water partition coefficient (Wildman–Crippen LogP) is 1.56. The highest BCUT2D eigenvalue weighted by atomic mass is 16.2. The molecule has 0 N–H and O–H groups in total. The van der Waals surface area contributed by atoms with Crippen LogP contribution >= 0.6 is 0 Å². The number of amides is 2. The summed E-state index contributed by atoms with van der Waals surface area (Å²) in [7, 11) is 0. The van der Waals surface area contributed by atoms with Gasteiger partial charge in [0.1, 0.15) is 0 Å². The molecule has 2 amide bonds. The number of para-hydroxylation sites is 1. The summed E-state index contributed by atoms with van der Waals surface area (Å²) in [6.45, 7) is 1.81. The fourth-order valence-corrected chi connectivity index (χ4v) is 1.69. The smallest absolute Gasteiger partial charge is 0.311 e. The largest absolute Gasteiger partial charge is 0.325 e. The van der Waals surface area contributed by atoms with Crippen LogP contribution in [0, 0.1) is 12.3 Å². The molecule has 0 saturated carbocycles. The van der Waals surface area contributed by atoms with E-state index in [1.807, 2.05) is 30.3 Å². The van der Waals surface area contributed by atoms with E-state index in [9.17, 15) is 4.79 Å². The first-order valence-electron chi connectivity index (χ1n) is 4.88.